The number of nitrogens with zero attached hydrogens (tertiary/aromatic N) is 2. The highest BCUT2D eigenvalue weighted by molar-refractivity contribution is 5.85. The number of aromatic carboxylic acids is 1. The zero-order valence-corrected chi connectivity index (χ0v) is 5.80. The maximum absolute atomic E-state index is 10.3. The minimum absolute atomic E-state index is 0.0857. The Balaban J connectivity index is 2.95. The maximum atomic E-state index is 10.3. The number of hydrogen-bond acceptors (Lipinski definition) is 5. The third kappa shape index (κ3) is 1.75. The highest BCUT2D eigenvalue weighted by Crippen LogP contribution is 2.04. The Kier molecular flexibility index (Phi) is 2.32. The Morgan fingerprint density at radius 1 is 1.58 bits per heavy atom. The summed E-state index contributed by atoms with van der Waals surface area (Å²) < 4.78 is 4.30. The molecule has 1 aromatic rings. The van der Waals surface area contributed by atoms with Crippen molar-refractivity contribution < 1.29 is 19.4 Å². The number of hydrogen-bond donors (Lipinski definition) is 1. The second kappa shape index (κ2) is 3.42. The highest BCUT2D eigenvalue weighted by atomic mass is 16.5. The van der Waals surface area contributed by atoms with Crippen LogP contribution in [0, 0.1) is 0 Å². The summed E-state index contributed by atoms with van der Waals surface area (Å²) in [5.74, 6) is -1.29. The van der Waals surface area contributed by atoms with E-state index in [2.05, 4.69) is 14.7 Å². The second-order valence-electron chi connectivity index (χ2n) is 1.76. The first-order valence-electron chi connectivity index (χ1n) is 2.89. The molecule has 0 spiro atoms. The van der Waals surface area contributed by atoms with E-state index >= 15 is 0 Å². The number of rotatable bonds is 3. The first-order chi connectivity index (χ1) is 5.74. The fraction of sp³-hybridized carbons (Fsp3) is 0. The van der Waals surface area contributed by atoms with Crippen molar-refractivity contribution in [3.8, 4) is 5.88 Å². The minimum atomic E-state index is -1.20. The lowest BCUT2D eigenvalue weighted by molar-refractivity contribution is -0.120. The first-order valence-corrected chi connectivity index (χ1v) is 2.89. The molecule has 6 nitrogen and oxygen atoms in total. The van der Waals surface area contributed by atoms with E-state index in [4.69, 9.17) is 5.11 Å². The topological polar surface area (TPSA) is 89.4 Å². The molecule has 1 rings (SSSR count). The van der Waals surface area contributed by atoms with Crippen molar-refractivity contribution in [1.29, 1.82) is 0 Å². The van der Waals surface area contributed by atoms with E-state index < -0.39 is 5.97 Å². The van der Waals surface area contributed by atoms with E-state index in [9.17, 15) is 9.59 Å². The summed E-state index contributed by atoms with van der Waals surface area (Å²) in [4.78, 5) is 27.0. The molecule has 12 heavy (non-hydrogen) atoms. The third-order valence-electron chi connectivity index (χ3n) is 1.03. The molecule has 0 aromatic carbocycles. The van der Waals surface area contributed by atoms with Crippen LogP contribution in [0.5, 0.6) is 5.88 Å². The molecule has 0 aliphatic heterocycles. The molecule has 1 aromatic heterocycles. The van der Waals surface area contributed by atoms with Crippen LogP contribution in [0.4, 0.5) is 0 Å². The lowest BCUT2D eigenvalue weighted by Crippen LogP contribution is -2.02. The Bertz CT molecular complexity index is 312. The first kappa shape index (κ1) is 8.12. The Hall–Kier alpha value is -1.98. The van der Waals surface area contributed by atoms with Gasteiger partial charge in [0.1, 0.15) is 6.33 Å². The average molecular weight is 168 g/mol. The summed E-state index contributed by atoms with van der Waals surface area (Å²) in [6.07, 6.45) is 1.00. The number of carbonyl (C=O) groups excluding carboxylic acids is 1. The van der Waals surface area contributed by atoms with Crippen LogP contribution >= 0.6 is 0 Å². The van der Waals surface area contributed by atoms with E-state index in [-0.39, 0.29) is 18.0 Å². The van der Waals surface area contributed by atoms with Crippen molar-refractivity contribution in [3.05, 3.63) is 18.1 Å². The van der Waals surface area contributed by atoms with Crippen LogP contribution in [0.2, 0.25) is 0 Å². The molecule has 62 valence electrons. The van der Waals surface area contributed by atoms with Gasteiger partial charge in [-0.25, -0.2) is 14.8 Å². The van der Waals surface area contributed by atoms with E-state index in [0.29, 0.717) is 0 Å². The number of carboxylic acid groups (broad SMARTS) is 1. The largest absolute Gasteiger partial charge is 0.477 e. The van der Waals surface area contributed by atoms with E-state index in [1.54, 1.807) is 0 Å². The van der Waals surface area contributed by atoms with Crippen LogP contribution in [0.3, 0.4) is 0 Å². The van der Waals surface area contributed by atoms with Gasteiger partial charge >= 0.3 is 5.97 Å². The summed E-state index contributed by atoms with van der Waals surface area (Å²) in [5, 5.41) is 8.44. The van der Waals surface area contributed by atoms with E-state index in [0.717, 1.165) is 12.4 Å². The predicted molar refractivity (Wildman–Crippen MR) is 35.7 cm³/mol. The van der Waals surface area contributed by atoms with Crippen LogP contribution in [0.25, 0.3) is 0 Å². The number of aromatic nitrogens is 2. The van der Waals surface area contributed by atoms with Gasteiger partial charge in [-0.2, -0.15) is 0 Å². The Morgan fingerprint density at radius 3 is 2.92 bits per heavy atom. The monoisotopic (exact) mass is 168 g/mol. The minimum Gasteiger partial charge on any atom is -0.477 e. The lowest BCUT2D eigenvalue weighted by Gasteiger charge is -1.95. The zero-order valence-electron chi connectivity index (χ0n) is 5.80. The van der Waals surface area contributed by atoms with Crippen molar-refractivity contribution in [2.24, 2.45) is 0 Å². The van der Waals surface area contributed by atoms with E-state index in [1.165, 1.54) is 0 Å². The summed E-state index contributed by atoms with van der Waals surface area (Å²) in [6.45, 7) is 0.161. The molecule has 0 fully saturated rings. The van der Waals surface area contributed by atoms with Crippen molar-refractivity contribution in [1.82, 2.24) is 9.97 Å². The third-order valence-corrected chi connectivity index (χ3v) is 1.03. The summed E-state index contributed by atoms with van der Waals surface area (Å²) in [6, 6.07) is 1.05. The molecule has 1 heterocycles. The maximum Gasteiger partial charge on any atom is 0.354 e. The molecular formula is C6H4N2O4. The molecule has 0 bridgehead atoms. The molecule has 0 atom stereocenters. The van der Waals surface area contributed by atoms with Gasteiger partial charge in [0, 0.05) is 6.07 Å². The molecule has 0 unspecified atom stereocenters. The van der Waals surface area contributed by atoms with Crippen LogP contribution < -0.4 is 4.74 Å². The molecule has 6 heteroatoms. The number of carboxylic acids is 1. The Morgan fingerprint density at radius 2 is 2.33 bits per heavy atom. The van der Waals surface area contributed by atoms with Gasteiger partial charge in [-0.05, 0) is 0 Å². The molecule has 0 saturated heterocycles. The molecule has 0 amide bonds. The summed E-state index contributed by atoms with van der Waals surface area (Å²) >= 11 is 0. The highest BCUT2D eigenvalue weighted by Gasteiger charge is 2.05. The van der Waals surface area contributed by atoms with Crippen LogP contribution in [-0.4, -0.2) is 27.5 Å². The van der Waals surface area contributed by atoms with Gasteiger partial charge in [0.25, 0.3) is 6.47 Å². The van der Waals surface area contributed by atoms with Crippen molar-refractivity contribution in [2.45, 2.75) is 0 Å². The fourth-order valence-corrected chi connectivity index (χ4v) is 0.570. The van der Waals surface area contributed by atoms with Gasteiger partial charge in [-0.15, -0.1) is 0 Å². The van der Waals surface area contributed by atoms with Gasteiger partial charge in [0.2, 0.25) is 5.88 Å². The molecule has 0 aliphatic carbocycles. The van der Waals surface area contributed by atoms with Crippen LogP contribution in [-0.2, 0) is 4.79 Å². The van der Waals surface area contributed by atoms with Gasteiger partial charge in [-0.3, -0.25) is 4.79 Å². The average Bonchev–Trinajstić information content (AvgIpc) is 2.05. The lowest BCUT2D eigenvalue weighted by atomic mass is 10.4. The summed E-state index contributed by atoms with van der Waals surface area (Å²) in [7, 11) is 0. The van der Waals surface area contributed by atoms with Crippen molar-refractivity contribution in [3.63, 3.8) is 0 Å². The van der Waals surface area contributed by atoms with Crippen molar-refractivity contribution >= 4 is 12.4 Å². The molecule has 0 radical (unpaired) electrons. The van der Waals surface area contributed by atoms with E-state index in [1.807, 2.05) is 0 Å². The van der Waals surface area contributed by atoms with Gasteiger partial charge in [-0.1, -0.05) is 0 Å². The summed E-state index contributed by atoms with van der Waals surface area (Å²) in [5.41, 5.74) is -0.221. The molecule has 1 N–H and O–H groups in total. The quantitative estimate of drug-likeness (QED) is 0.623. The molecule has 0 aliphatic rings. The SMILES string of the molecule is O=COc1cc(C(=O)O)ncn1. The smallest absolute Gasteiger partial charge is 0.354 e. The normalized spacial score (nSPS) is 9.00. The number of carbonyl (C=O) groups is 2. The fourth-order valence-electron chi connectivity index (χ4n) is 0.570. The van der Waals surface area contributed by atoms with Crippen LogP contribution in [0.1, 0.15) is 10.5 Å². The molecular weight excluding hydrogens is 164 g/mol. The van der Waals surface area contributed by atoms with Gasteiger partial charge < -0.3 is 9.84 Å². The second-order valence-corrected chi connectivity index (χ2v) is 1.76. The number of ether oxygens (including phenoxy) is 1. The van der Waals surface area contributed by atoms with Gasteiger partial charge in [0.15, 0.2) is 5.69 Å². The standard InChI is InChI=1S/C6H4N2O4/c9-3-12-5-1-4(6(10)11)7-2-8-5/h1-3H,(H,10,11). The predicted octanol–water partition coefficient (Wildman–Crippen LogP) is -0.290. The zero-order chi connectivity index (χ0) is 8.97. The van der Waals surface area contributed by atoms with Gasteiger partial charge in [0.05, 0.1) is 0 Å². The van der Waals surface area contributed by atoms with Crippen LogP contribution in [0.15, 0.2) is 12.4 Å². The molecule has 0 saturated carbocycles. The Labute approximate surface area is 66.8 Å². The van der Waals surface area contributed by atoms with Crippen molar-refractivity contribution in [2.75, 3.05) is 0 Å².